The molecule has 10 nitrogen and oxygen atoms in total. The van der Waals surface area contributed by atoms with E-state index in [9.17, 15) is 24.2 Å². The smallest absolute Gasteiger partial charge is 0.462 e. The van der Waals surface area contributed by atoms with Gasteiger partial charge in [0, 0.05) is 12.8 Å². The van der Waals surface area contributed by atoms with Crippen molar-refractivity contribution in [1.82, 2.24) is 0 Å². The second-order valence-electron chi connectivity index (χ2n) is 15.1. The topological polar surface area (TPSA) is 149 Å². The van der Waals surface area contributed by atoms with Gasteiger partial charge in [0.2, 0.25) is 0 Å². The molecule has 0 aromatic carbocycles. The van der Waals surface area contributed by atoms with Crippen molar-refractivity contribution in [2.75, 3.05) is 26.4 Å². The number of hydrogen-bond acceptors (Lipinski definition) is 9. The molecule has 316 valence electrons. The maximum atomic E-state index is 12.6. The molecule has 0 spiro atoms. The van der Waals surface area contributed by atoms with E-state index in [0.29, 0.717) is 12.8 Å². The summed E-state index contributed by atoms with van der Waals surface area (Å²) in [7, 11) is -4.61. The first-order chi connectivity index (χ1) is 25.7. The van der Waals surface area contributed by atoms with Gasteiger partial charge in [0.05, 0.1) is 19.8 Å². The number of phosphoric ester groups is 1. The molecule has 0 heterocycles. The van der Waals surface area contributed by atoms with Crippen molar-refractivity contribution >= 4 is 19.8 Å². The van der Waals surface area contributed by atoms with Crippen LogP contribution < -0.4 is 0 Å². The lowest BCUT2D eigenvalue weighted by molar-refractivity contribution is -0.161. The molecule has 0 saturated heterocycles. The fourth-order valence-corrected chi connectivity index (χ4v) is 7.14. The zero-order valence-corrected chi connectivity index (χ0v) is 35.2. The summed E-state index contributed by atoms with van der Waals surface area (Å²) in [6, 6.07) is 0. The first-order valence-electron chi connectivity index (χ1n) is 22.0. The first-order valence-corrected chi connectivity index (χ1v) is 23.5. The monoisotopic (exact) mass is 779 g/mol. The molecule has 0 bridgehead atoms. The minimum Gasteiger partial charge on any atom is -0.462 e. The lowest BCUT2D eigenvalue weighted by Crippen LogP contribution is -2.29. The Labute approximate surface area is 324 Å². The van der Waals surface area contributed by atoms with Crippen molar-refractivity contribution in [3.8, 4) is 0 Å². The third-order valence-corrected chi connectivity index (χ3v) is 10.7. The van der Waals surface area contributed by atoms with Crippen LogP contribution in [0.3, 0.4) is 0 Å². The molecule has 0 aromatic rings. The van der Waals surface area contributed by atoms with Gasteiger partial charge < -0.3 is 24.6 Å². The van der Waals surface area contributed by atoms with Crippen LogP contribution in [0.15, 0.2) is 0 Å². The van der Waals surface area contributed by atoms with Crippen molar-refractivity contribution < 1.29 is 47.8 Å². The van der Waals surface area contributed by atoms with E-state index >= 15 is 0 Å². The van der Waals surface area contributed by atoms with E-state index in [4.69, 9.17) is 19.1 Å². The largest absolute Gasteiger partial charge is 0.472 e. The van der Waals surface area contributed by atoms with Gasteiger partial charge in [-0.2, -0.15) is 0 Å². The molecular formula is C42H83O10P. The molecule has 0 fully saturated rings. The van der Waals surface area contributed by atoms with Crippen molar-refractivity contribution in [1.29, 1.82) is 0 Å². The molecule has 0 aliphatic heterocycles. The van der Waals surface area contributed by atoms with Gasteiger partial charge in [0.1, 0.15) is 12.7 Å². The number of phosphoric acid groups is 1. The lowest BCUT2D eigenvalue weighted by atomic mass is 10.0. The van der Waals surface area contributed by atoms with Crippen LogP contribution in [0.2, 0.25) is 0 Å². The summed E-state index contributed by atoms with van der Waals surface area (Å²) in [5, 5.41) is 18.3. The van der Waals surface area contributed by atoms with Gasteiger partial charge >= 0.3 is 19.8 Å². The van der Waals surface area contributed by atoms with Crippen LogP contribution in [0.1, 0.15) is 219 Å². The highest BCUT2D eigenvalue weighted by Crippen LogP contribution is 2.43. The molecule has 11 heteroatoms. The summed E-state index contributed by atoms with van der Waals surface area (Å²) in [5.74, 6) is -0.911. The maximum Gasteiger partial charge on any atom is 0.472 e. The minimum absolute atomic E-state index is 0.191. The summed E-state index contributed by atoms with van der Waals surface area (Å²) < 4.78 is 32.7. The standard InChI is InChI=1S/C42H83O10P/c1-3-5-7-9-11-13-15-16-17-18-19-20-21-22-24-25-27-29-31-33-41(45)49-37-40(38-51-53(47,48)50-36-39(44)35-43)52-42(46)34-32-30-28-26-23-14-12-10-8-6-4-2/h39-40,43-44H,3-38H2,1-2H3,(H,47,48)/t39-,40+/m1/s1. The zero-order valence-electron chi connectivity index (χ0n) is 34.3. The molecule has 0 amide bonds. The predicted molar refractivity (Wildman–Crippen MR) is 215 cm³/mol. The van der Waals surface area contributed by atoms with Gasteiger partial charge in [0.15, 0.2) is 6.10 Å². The summed E-state index contributed by atoms with van der Waals surface area (Å²) in [4.78, 5) is 34.9. The zero-order chi connectivity index (χ0) is 39.1. The van der Waals surface area contributed by atoms with Crippen LogP contribution in [0, 0.1) is 0 Å². The van der Waals surface area contributed by atoms with E-state index in [-0.39, 0.29) is 19.4 Å². The Hall–Kier alpha value is -1.03. The minimum atomic E-state index is -4.61. The first kappa shape index (κ1) is 52.0. The van der Waals surface area contributed by atoms with E-state index in [1.165, 1.54) is 148 Å². The number of aliphatic hydroxyl groups excluding tert-OH is 2. The second-order valence-corrected chi connectivity index (χ2v) is 16.5. The second kappa shape index (κ2) is 39.2. The summed E-state index contributed by atoms with van der Waals surface area (Å²) >= 11 is 0. The molecule has 0 aliphatic rings. The number of esters is 2. The van der Waals surface area contributed by atoms with Crippen molar-refractivity contribution in [3.05, 3.63) is 0 Å². The average molecular weight is 779 g/mol. The third kappa shape index (κ3) is 39.0. The van der Waals surface area contributed by atoms with Crippen LogP contribution in [0.5, 0.6) is 0 Å². The number of hydrogen-bond donors (Lipinski definition) is 3. The van der Waals surface area contributed by atoms with Gasteiger partial charge in [-0.05, 0) is 12.8 Å². The third-order valence-electron chi connectivity index (χ3n) is 9.76. The average Bonchev–Trinajstić information content (AvgIpc) is 3.14. The molecule has 0 rings (SSSR count). The van der Waals surface area contributed by atoms with Gasteiger partial charge in [-0.25, -0.2) is 4.57 Å². The fourth-order valence-electron chi connectivity index (χ4n) is 6.35. The lowest BCUT2D eigenvalue weighted by Gasteiger charge is -2.20. The normalized spacial score (nSPS) is 13.8. The van der Waals surface area contributed by atoms with E-state index in [0.717, 1.165) is 32.1 Å². The van der Waals surface area contributed by atoms with E-state index in [1.54, 1.807) is 0 Å². The van der Waals surface area contributed by atoms with Crippen molar-refractivity contribution in [2.45, 2.75) is 232 Å². The Bertz CT molecular complexity index is 858. The number of unbranched alkanes of at least 4 members (excludes halogenated alkanes) is 28. The van der Waals surface area contributed by atoms with Crippen LogP contribution in [-0.2, 0) is 32.7 Å². The molecule has 3 atom stereocenters. The molecule has 1 unspecified atom stereocenters. The highest BCUT2D eigenvalue weighted by Gasteiger charge is 2.27. The summed E-state index contributed by atoms with van der Waals surface area (Å²) in [6.45, 7) is 2.41. The van der Waals surface area contributed by atoms with Crippen LogP contribution >= 0.6 is 7.82 Å². The van der Waals surface area contributed by atoms with Crippen molar-refractivity contribution in [2.24, 2.45) is 0 Å². The Morgan fingerprint density at radius 3 is 1.17 bits per heavy atom. The number of aliphatic hydroxyl groups is 2. The number of carbonyl (C=O) groups excluding carboxylic acids is 2. The van der Waals surface area contributed by atoms with Crippen LogP contribution in [0.4, 0.5) is 0 Å². The Balaban J connectivity index is 4.17. The highest BCUT2D eigenvalue weighted by atomic mass is 31.2. The van der Waals surface area contributed by atoms with E-state index in [1.807, 2.05) is 0 Å². The molecule has 0 aromatic heterocycles. The molecule has 53 heavy (non-hydrogen) atoms. The number of carbonyl (C=O) groups is 2. The maximum absolute atomic E-state index is 12.6. The SMILES string of the molecule is CCCCCCCCCCCCCCCCCCCCCC(=O)OC[C@@H](COP(=O)(O)OC[C@H](O)CO)OC(=O)CCCCCCCCCCCCC. The van der Waals surface area contributed by atoms with Gasteiger partial charge in [-0.3, -0.25) is 18.6 Å². The summed E-state index contributed by atoms with van der Waals surface area (Å²) in [6.07, 6.45) is 35.0. The number of ether oxygens (including phenoxy) is 2. The van der Waals surface area contributed by atoms with E-state index in [2.05, 4.69) is 18.4 Å². The molecule has 0 aliphatic carbocycles. The fraction of sp³-hybridized carbons (Fsp3) is 0.952. The van der Waals surface area contributed by atoms with Crippen LogP contribution in [0.25, 0.3) is 0 Å². The molecule has 0 saturated carbocycles. The van der Waals surface area contributed by atoms with Gasteiger partial charge in [0.25, 0.3) is 0 Å². The molecule has 0 radical (unpaired) electrons. The van der Waals surface area contributed by atoms with Gasteiger partial charge in [-0.15, -0.1) is 0 Å². The predicted octanol–water partition coefficient (Wildman–Crippen LogP) is 11.5. The Morgan fingerprint density at radius 2 is 0.811 bits per heavy atom. The Kier molecular flexibility index (Phi) is 38.5. The summed E-state index contributed by atoms with van der Waals surface area (Å²) in [5.41, 5.74) is 0. The van der Waals surface area contributed by atoms with Crippen molar-refractivity contribution in [3.63, 3.8) is 0 Å². The molecular weight excluding hydrogens is 695 g/mol. The quantitative estimate of drug-likeness (QED) is 0.0310. The van der Waals surface area contributed by atoms with E-state index < -0.39 is 51.8 Å². The van der Waals surface area contributed by atoms with Gasteiger partial charge in [-0.1, -0.05) is 194 Å². The Morgan fingerprint density at radius 1 is 0.491 bits per heavy atom. The highest BCUT2D eigenvalue weighted by molar-refractivity contribution is 7.47. The molecule has 3 N–H and O–H groups in total. The van der Waals surface area contributed by atoms with Crippen LogP contribution in [-0.4, -0.2) is 65.7 Å². The number of rotatable bonds is 42.